The van der Waals surface area contributed by atoms with Gasteiger partial charge in [-0.15, -0.1) is 0 Å². The number of aromatic nitrogens is 1. The van der Waals surface area contributed by atoms with Crippen LogP contribution in [0.4, 0.5) is 5.69 Å². The van der Waals surface area contributed by atoms with E-state index in [1.165, 1.54) is 23.0 Å². The monoisotopic (exact) mass is 483 g/mol. The average Bonchev–Trinajstić information content (AvgIpc) is 3.34. The van der Waals surface area contributed by atoms with Crippen LogP contribution in [-0.2, 0) is 14.8 Å². The molecule has 1 fully saturated rings. The van der Waals surface area contributed by atoms with E-state index in [4.69, 9.17) is 0 Å². The zero-order valence-electron chi connectivity index (χ0n) is 18.5. The van der Waals surface area contributed by atoms with E-state index < -0.39 is 10.0 Å². The SMILES string of the molecule is CC(=O)c1ccc(NC(=O)CSc2cc(C)c3cc(S(=O)(=O)N4CCCC4)ccc3n2)cc1. The number of hydrogen-bond donors (Lipinski definition) is 1. The molecule has 1 aliphatic rings. The fourth-order valence-corrected chi connectivity index (χ4v) is 6.10. The number of fused-ring (bicyclic) bond motifs is 1. The number of carbonyl (C=O) groups is 2. The Morgan fingerprint density at radius 1 is 1.06 bits per heavy atom. The Balaban J connectivity index is 1.45. The maximum Gasteiger partial charge on any atom is 0.243 e. The van der Waals surface area contributed by atoms with Crippen LogP contribution < -0.4 is 5.32 Å². The first kappa shape index (κ1) is 23.4. The van der Waals surface area contributed by atoms with Crippen molar-refractivity contribution in [3.8, 4) is 0 Å². The highest BCUT2D eigenvalue weighted by atomic mass is 32.2. The summed E-state index contributed by atoms with van der Waals surface area (Å²) >= 11 is 1.31. The van der Waals surface area contributed by atoms with Crippen LogP contribution in [0.15, 0.2) is 58.5 Å². The molecule has 0 unspecified atom stereocenters. The Labute approximate surface area is 197 Å². The molecule has 9 heteroatoms. The third-order valence-corrected chi connectivity index (χ3v) is 8.40. The van der Waals surface area contributed by atoms with E-state index in [2.05, 4.69) is 10.3 Å². The van der Waals surface area contributed by atoms with Gasteiger partial charge in [0.1, 0.15) is 0 Å². The maximum atomic E-state index is 12.9. The van der Waals surface area contributed by atoms with E-state index >= 15 is 0 Å². The average molecular weight is 484 g/mol. The number of carbonyl (C=O) groups excluding carboxylic acids is 2. The zero-order chi connectivity index (χ0) is 23.6. The Hall–Kier alpha value is -2.75. The molecule has 3 aromatic rings. The number of pyridine rings is 1. The minimum atomic E-state index is -3.49. The van der Waals surface area contributed by atoms with Gasteiger partial charge >= 0.3 is 0 Å². The molecule has 0 bridgehead atoms. The number of ketones is 1. The number of aryl methyl sites for hydroxylation is 1. The molecule has 1 saturated heterocycles. The Morgan fingerprint density at radius 3 is 2.42 bits per heavy atom. The molecule has 172 valence electrons. The molecule has 2 aromatic carbocycles. The quantitative estimate of drug-likeness (QED) is 0.398. The van der Waals surface area contributed by atoms with Crippen LogP contribution in [0.1, 0.15) is 35.7 Å². The van der Waals surface area contributed by atoms with E-state index in [0.29, 0.717) is 34.9 Å². The van der Waals surface area contributed by atoms with E-state index in [9.17, 15) is 18.0 Å². The lowest BCUT2D eigenvalue weighted by Gasteiger charge is -2.16. The van der Waals surface area contributed by atoms with Crippen LogP contribution in [0.3, 0.4) is 0 Å². The lowest BCUT2D eigenvalue weighted by atomic mass is 10.1. The molecule has 0 atom stereocenters. The van der Waals surface area contributed by atoms with Gasteiger partial charge in [0.25, 0.3) is 0 Å². The van der Waals surface area contributed by atoms with Crippen LogP contribution in [-0.4, -0.2) is 48.2 Å². The zero-order valence-corrected chi connectivity index (χ0v) is 20.1. The molecule has 7 nitrogen and oxygen atoms in total. The van der Waals surface area contributed by atoms with E-state index in [-0.39, 0.29) is 22.3 Å². The number of anilines is 1. The first-order chi connectivity index (χ1) is 15.7. The first-order valence-electron chi connectivity index (χ1n) is 10.7. The van der Waals surface area contributed by atoms with Gasteiger partial charge in [-0.2, -0.15) is 4.31 Å². The summed E-state index contributed by atoms with van der Waals surface area (Å²) in [4.78, 5) is 28.6. The third kappa shape index (κ3) is 5.26. The fraction of sp³-hybridized carbons (Fsp3) is 0.292. The predicted molar refractivity (Wildman–Crippen MR) is 130 cm³/mol. The molecule has 2 heterocycles. The summed E-state index contributed by atoms with van der Waals surface area (Å²) in [5, 5.41) is 4.29. The highest BCUT2D eigenvalue weighted by molar-refractivity contribution is 7.99. The van der Waals surface area contributed by atoms with Crippen molar-refractivity contribution < 1.29 is 18.0 Å². The molecular formula is C24H25N3O4S2. The second-order valence-corrected chi connectivity index (χ2v) is 11.0. The summed E-state index contributed by atoms with van der Waals surface area (Å²) in [5.74, 6) is -0.0301. The third-order valence-electron chi connectivity index (χ3n) is 5.59. The highest BCUT2D eigenvalue weighted by Gasteiger charge is 2.27. The number of thioether (sulfide) groups is 1. The van der Waals surface area contributed by atoms with Crippen molar-refractivity contribution in [1.82, 2.24) is 9.29 Å². The Kier molecular flexibility index (Phi) is 6.83. The molecular weight excluding hydrogens is 458 g/mol. The van der Waals surface area contributed by atoms with Crippen molar-refractivity contribution in [3.63, 3.8) is 0 Å². The fourth-order valence-electron chi connectivity index (χ4n) is 3.78. The minimum absolute atomic E-state index is 0.0260. The molecule has 1 amide bonds. The van der Waals surface area contributed by atoms with E-state index in [1.54, 1.807) is 42.5 Å². The van der Waals surface area contributed by atoms with Gasteiger partial charge < -0.3 is 5.32 Å². The van der Waals surface area contributed by atoms with Gasteiger partial charge in [-0.05, 0) is 80.8 Å². The highest BCUT2D eigenvalue weighted by Crippen LogP contribution is 2.28. The van der Waals surface area contributed by atoms with Gasteiger partial charge in [0.15, 0.2) is 5.78 Å². The summed E-state index contributed by atoms with van der Waals surface area (Å²) in [7, 11) is -3.49. The second kappa shape index (κ2) is 9.62. The summed E-state index contributed by atoms with van der Waals surface area (Å²) in [6.07, 6.45) is 1.79. The lowest BCUT2D eigenvalue weighted by Crippen LogP contribution is -2.27. The number of Topliss-reactive ketones (excluding diaryl/α,β-unsaturated/α-hetero) is 1. The molecule has 0 radical (unpaired) electrons. The largest absolute Gasteiger partial charge is 0.325 e. The topological polar surface area (TPSA) is 96.4 Å². The first-order valence-corrected chi connectivity index (χ1v) is 13.1. The summed E-state index contributed by atoms with van der Waals surface area (Å²) < 4.78 is 27.3. The lowest BCUT2D eigenvalue weighted by molar-refractivity contribution is -0.113. The normalized spacial score (nSPS) is 14.5. The standard InChI is InChI=1S/C24H25N3O4S2/c1-16-13-24(32-15-23(29)25-19-7-5-18(6-8-19)17(2)28)26-22-10-9-20(14-21(16)22)33(30,31)27-11-3-4-12-27/h5-10,13-14H,3-4,11-12,15H2,1-2H3,(H,25,29). The van der Waals surface area contributed by atoms with Crippen LogP contribution in [0.25, 0.3) is 10.9 Å². The van der Waals surface area contributed by atoms with Crippen LogP contribution in [0.5, 0.6) is 0 Å². The van der Waals surface area contributed by atoms with Crippen molar-refractivity contribution in [2.75, 3.05) is 24.2 Å². The number of nitrogens with one attached hydrogen (secondary N) is 1. The Bertz CT molecular complexity index is 1320. The molecule has 0 saturated carbocycles. The second-order valence-electron chi connectivity index (χ2n) is 8.04. The molecule has 1 N–H and O–H groups in total. The molecule has 4 rings (SSSR count). The summed E-state index contributed by atoms with van der Waals surface area (Å²) in [6.45, 7) is 4.54. The van der Waals surface area contributed by atoms with Gasteiger partial charge in [-0.25, -0.2) is 13.4 Å². The number of amides is 1. The Morgan fingerprint density at radius 2 is 1.76 bits per heavy atom. The van der Waals surface area contributed by atoms with Crippen molar-refractivity contribution in [3.05, 3.63) is 59.7 Å². The van der Waals surface area contributed by atoms with Gasteiger partial charge in [-0.3, -0.25) is 9.59 Å². The van der Waals surface area contributed by atoms with E-state index in [1.807, 2.05) is 13.0 Å². The predicted octanol–water partition coefficient (Wildman–Crippen LogP) is 4.26. The number of benzene rings is 2. The van der Waals surface area contributed by atoms with Gasteiger partial charge in [0.2, 0.25) is 15.9 Å². The smallest absolute Gasteiger partial charge is 0.243 e. The number of sulfonamides is 1. The molecule has 1 aliphatic heterocycles. The minimum Gasteiger partial charge on any atom is -0.325 e. The van der Waals surface area contributed by atoms with Crippen LogP contribution in [0, 0.1) is 6.92 Å². The van der Waals surface area contributed by atoms with Crippen molar-refractivity contribution >= 4 is 50.1 Å². The number of hydrogen-bond acceptors (Lipinski definition) is 6. The van der Waals surface area contributed by atoms with Crippen LogP contribution >= 0.6 is 11.8 Å². The summed E-state index contributed by atoms with van der Waals surface area (Å²) in [6, 6.07) is 13.7. The molecule has 0 spiro atoms. The molecule has 0 aliphatic carbocycles. The van der Waals surface area contributed by atoms with E-state index in [0.717, 1.165) is 23.8 Å². The van der Waals surface area contributed by atoms with Gasteiger partial charge in [-0.1, -0.05) is 11.8 Å². The summed E-state index contributed by atoms with van der Waals surface area (Å²) in [5.41, 5.74) is 2.81. The van der Waals surface area contributed by atoms with Gasteiger partial charge in [0, 0.05) is 29.7 Å². The van der Waals surface area contributed by atoms with Crippen molar-refractivity contribution in [1.29, 1.82) is 0 Å². The number of nitrogens with zero attached hydrogens (tertiary/aromatic N) is 2. The maximum absolute atomic E-state index is 12.9. The molecule has 1 aromatic heterocycles. The number of rotatable bonds is 7. The van der Waals surface area contributed by atoms with Crippen LogP contribution in [0.2, 0.25) is 0 Å². The van der Waals surface area contributed by atoms with Crippen molar-refractivity contribution in [2.45, 2.75) is 36.6 Å². The molecule has 33 heavy (non-hydrogen) atoms. The van der Waals surface area contributed by atoms with Crippen molar-refractivity contribution in [2.24, 2.45) is 0 Å². The van der Waals surface area contributed by atoms with Gasteiger partial charge in [0.05, 0.1) is 21.2 Å².